The summed E-state index contributed by atoms with van der Waals surface area (Å²) in [7, 11) is 0. The molecule has 2 aromatic heterocycles. The molecule has 0 fully saturated rings. The van der Waals surface area contributed by atoms with Crippen molar-refractivity contribution < 1.29 is 9.18 Å². The van der Waals surface area contributed by atoms with Gasteiger partial charge in [0, 0.05) is 23.8 Å². The Morgan fingerprint density at radius 3 is 2.86 bits per heavy atom. The first-order chi connectivity index (χ1) is 13.6. The van der Waals surface area contributed by atoms with Gasteiger partial charge in [-0.05, 0) is 24.3 Å². The molecule has 4 aromatic rings. The molecule has 0 atom stereocenters. The number of aromatic amines is 1. The molecule has 0 aliphatic heterocycles. The maximum atomic E-state index is 13.3. The van der Waals surface area contributed by atoms with E-state index in [0.717, 1.165) is 0 Å². The lowest BCUT2D eigenvalue weighted by Gasteiger charge is -2.03. The molecule has 2 aromatic carbocycles. The largest absolute Gasteiger partial charge is 0.310 e. The van der Waals surface area contributed by atoms with Crippen LogP contribution in [0.2, 0.25) is 0 Å². The Kier molecular flexibility index (Phi) is 4.94. The summed E-state index contributed by atoms with van der Waals surface area (Å²) in [6.45, 7) is 0. The van der Waals surface area contributed by atoms with Crippen LogP contribution in [0.15, 0.2) is 58.7 Å². The second-order valence-electron chi connectivity index (χ2n) is 6.13. The lowest BCUT2D eigenvalue weighted by atomic mass is 10.2. The number of nitrogens with one attached hydrogen (secondary N) is 2. The van der Waals surface area contributed by atoms with E-state index in [1.807, 2.05) is 6.07 Å². The minimum Gasteiger partial charge on any atom is -0.310 e. The molecule has 4 rings (SSSR count). The van der Waals surface area contributed by atoms with E-state index in [2.05, 4.69) is 20.3 Å². The van der Waals surface area contributed by atoms with E-state index in [9.17, 15) is 14.0 Å². The summed E-state index contributed by atoms with van der Waals surface area (Å²) in [6, 6.07) is 13.2. The number of nitrogens with zero attached hydrogens (tertiary/aromatic N) is 2. The molecule has 2 heterocycles. The van der Waals surface area contributed by atoms with Crippen LogP contribution < -0.4 is 10.9 Å². The number of aromatic nitrogens is 3. The molecular formula is C20H15FN4O2S. The van der Waals surface area contributed by atoms with Gasteiger partial charge in [-0.2, -0.15) is 0 Å². The molecule has 0 saturated heterocycles. The minimum atomic E-state index is -0.340. The first kappa shape index (κ1) is 18.0. The number of H-pyrrole nitrogens is 1. The number of amides is 1. The second-order valence-corrected chi connectivity index (χ2v) is 6.98. The van der Waals surface area contributed by atoms with Gasteiger partial charge in [-0.25, -0.2) is 14.4 Å². The average molecular weight is 394 g/mol. The number of carbonyl (C=O) groups excluding carboxylic acids is 1. The van der Waals surface area contributed by atoms with Gasteiger partial charge in [0.05, 0.1) is 16.6 Å². The van der Waals surface area contributed by atoms with Crippen molar-refractivity contribution in [1.29, 1.82) is 0 Å². The van der Waals surface area contributed by atoms with Crippen molar-refractivity contribution in [3.8, 4) is 11.3 Å². The lowest BCUT2D eigenvalue weighted by molar-refractivity contribution is -0.116. The molecular weight excluding hydrogens is 379 g/mol. The number of rotatable bonds is 5. The van der Waals surface area contributed by atoms with Gasteiger partial charge >= 0.3 is 0 Å². The molecule has 0 spiro atoms. The van der Waals surface area contributed by atoms with Crippen LogP contribution >= 0.6 is 11.3 Å². The Hall–Kier alpha value is -3.39. The maximum Gasteiger partial charge on any atom is 0.258 e. The highest BCUT2D eigenvalue weighted by Gasteiger charge is 2.10. The summed E-state index contributed by atoms with van der Waals surface area (Å²) < 4.78 is 13.3. The van der Waals surface area contributed by atoms with Gasteiger partial charge < -0.3 is 10.3 Å². The third-order valence-corrected chi connectivity index (χ3v) is 4.88. The van der Waals surface area contributed by atoms with E-state index in [1.54, 1.807) is 35.7 Å². The number of carbonyl (C=O) groups is 1. The van der Waals surface area contributed by atoms with E-state index in [-0.39, 0.29) is 23.7 Å². The molecule has 0 unspecified atom stereocenters. The van der Waals surface area contributed by atoms with Crippen LogP contribution in [0.4, 0.5) is 9.52 Å². The quantitative estimate of drug-likeness (QED) is 0.540. The van der Waals surface area contributed by atoms with Crippen LogP contribution in [0, 0.1) is 5.82 Å². The highest BCUT2D eigenvalue weighted by atomic mass is 32.1. The molecule has 0 bridgehead atoms. The summed E-state index contributed by atoms with van der Waals surface area (Å²) in [5, 5.41) is 5.43. The molecule has 6 nitrogen and oxygen atoms in total. The van der Waals surface area contributed by atoms with Gasteiger partial charge in [0.25, 0.3) is 5.56 Å². The second kappa shape index (κ2) is 7.69. The van der Waals surface area contributed by atoms with Gasteiger partial charge in [0.1, 0.15) is 11.6 Å². The van der Waals surface area contributed by atoms with Crippen molar-refractivity contribution in [1.82, 2.24) is 15.0 Å². The van der Waals surface area contributed by atoms with Crippen molar-refractivity contribution in [2.75, 3.05) is 5.32 Å². The maximum absolute atomic E-state index is 13.3. The summed E-state index contributed by atoms with van der Waals surface area (Å²) in [6.07, 6.45) is 0.449. The Morgan fingerprint density at radius 2 is 2.00 bits per heavy atom. The molecule has 28 heavy (non-hydrogen) atoms. The van der Waals surface area contributed by atoms with E-state index in [0.29, 0.717) is 39.5 Å². The fourth-order valence-corrected chi connectivity index (χ4v) is 3.51. The number of anilines is 1. The molecule has 0 aliphatic carbocycles. The summed E-state index contributed by atoms with van der Waals surface area (Å²) >= 11 is 1.27. The first-order valence-corrected chi connectivity index (χ1v) is 9.46. The van der Waals surface area contributed by atoms with Gasteiger partial charge in [-0.1, -0.05) is 24.3 Å². The predicted molar refractivity (Wildman–Crippen MR) is 107 cm³/mol. The number of halogens is 1. The predicted octanol–water partition coefficient (Wildman–Crippen LogP) is 3.76. The normalized spacial score (nSPS) is 10.9. The van der Waals surface area contributed by atoms with Crippen molar-refractivity contribution in [2.24, 2.45) is 0 Å². The number of hydrogen-bond donors (Lipinski definition) is 2. The van der Waals surface area contributed by atoms with Crippen molar-refractivity contribution in [3.63, 3.8) is 0 Å². The van der Waals surface area contributed by atoms with Gasteiger partial charge in [-0.15, -0.1) is 11.3 Å². The molecule has 1 amide bonds. The SMILES string of the molecule is O=C(CCc1nc2ccccc2c(=O)[nH]1)Nc1nc(-c2cccc(F)c2)cs1. The topological polar surface area (TPSA) is 87.7 Å². The molecule has 8 heteroatoms. The zero-order valence-electron chi connectivity index (χ0n) is 14.6. The number of hydrogen-bond acceptors (Lipinski definition) is 5. The number of fused-ring (bicyclic) bond motifs is 1. The molecule has 0 aliphatic rings. The van der Waals surface area contributed by atoms with E-state index in [4.69, 9.17) is 0 Å². The monoisotopic (exact) mass is 394 g/mol. The van der Waals surface area contributed by atoms with Crippen LogP contribution in [-0.4, -0.2) is 20.9 Å². The zero-order valence-corrected chi connectivity index (χ0v) is 15.4. The molecule has 0 saturated carbocycles. The Bertz CT molecular complexity index is 1220. The Morgan fingerprint density at radius 1 is 1.14 bits per heavy atom. The van der Waals surface area contributed by atoms with Crippen molar-refractivity contribution in [2.45, 2.75) is 12.8 Å². The van der Waals surface area contributed by atoms with E-state index < -0.39 is 0 Å². The third-order valence-electron chi connectivity index (χ3n) is 4.12. The Balaban J connectivity index is 1.41. The van der Waals surface area contributed by atoms with Crippen LogP contribution in [0.1, 0.15) is 12.2 Å². The summed E-state index contributed by atoms with van der Waals surface area (Å²) in [5.41, 5.74) is 1.62. The smallest absolute Gasteiger partial charge is 0.258 e. The third kappa shape index (κ3) is 3.96. The van der Waals surface area contributed by atoms with Crippen LogP contribution in [0.25, 0.3) is 22.2 Å². The molecule has 2 N–H and O–H groups in total. The van der Waals surface area contributed by atoms with Crippen molar-refractivity contribution in [3.05, 3.63) is 75.9 Å². The standard InChI is InChI=1S/C20H15FN4O2S/c21-13-5-3-4-12(10-13)16-11-28-20(23-16)25-18(26)9-8-17-22-15-7-2-1-6-14(15)19(27)24-17/h1-7,10-11H,8-9H2,(H,22,24,27)(H,23,25,26). The minimum absolute atomic E-state index is 0.149. The van der Waals surface area contributed by atoms with Gasteiger partial charge in [0.15, 0.2) is 5.13 Å². The summed E-state index contributed by atoms with van der Waals surface area (Å²) in [5.74, 6) is -0.123. The van der Waals surface area contributed by atoms with E-state index in [1.165, 1.54) is 23.5 Å². The van der Waals surface area contributed by atoms with Crippen LogP contribution in [-0.2, 0) is 11.2 Å². The fourth-order valence-electron chi connectivity index (χ4n) is 2.78. The number of benzene rings is 2. The highest BCUT2D eigenvalue weighted by molar-refractivity contribution is 7.14. The van der Waals surface area contributed by atoms with Crippen molar-refractivity contribution >= 4 is 33.3 Å². The van der Waals surface area contributed by atoms with E-state index >= 15 is 0 Å². The number of thiazole rings is 1. The lowest BCUT2D eigenvalue weighted by Crippen LogP contribution is -2.16. The van der Waals surface area contributed by atoms with Gasteiger partial charge in [-0.3, -0.25) is 9.59 Å². The van der Waals surface area contributed by atoms with Crippen LogP contribution in [0.5, 0.6) is 0 Å². The van der Waals surface area contributed by atoms with Crippen LogP contribution in [0.3, 0.4) is 0 Å². The molecule has 140 valence electrons. The zero-order chi connectivity index (χ0) is 19.5. The average Bonchev–Trinajstić information content (AvgIpc) is 3.15. The van der Waals surface area contributed by atoms with Gasteiger partial charge in [0.2, 0.25) is 5.91 Å². The Labute approximate surface area is 163 Å². The number of para-hydroxylation sites is 1. The highest BCUT2D eigenvalue weighted by Crippen LogP contribution is 2.25. The number of aryl methyl sites for hydroxylation is 1. The first-order valence-electron chi connectivity index (χ1n) is 8.58. The summed E-state index contributed by atoms with van der Waals surface area (Å²) in [4.78, 5) is 35.7. The molecule has 0 radical (unpaired) electrons. The fraction of sp³-hybridized carbons (Fsp3) is 0.100.